The van der Waals surface area contributed by atoms with Crippen LogP contribution < -0.4 is 10.1 Å². The van der Waals surface area contributed by atoms with Gasteiger partial charge in [0.15, 0.2) is 6.61 Å². The number of rotatable bonds is 7. The molecule has 26 heavy (non-hydrogen) atoms. The van der Waals surface area contributed by atoms with Crippen LogP contribution in [0, 0.1) is 6.92 Å². The molecule has 0 saturated carbocycles. The molecule has 1 saturated heterocycles. The van der Waals surface area contributed by atoms with E-state index in [4.69, 9.17) is 20.8 Å². The van der Waals surface area contributed by atoms with Crippen molar-refractivity contribution < 1.29 is 13.9 Å². The largest absolute Gasteiger partial charge is 0.484 e. The van der Waals surface area contributed by atoms with Crippen LogP contribution in [0.25, 0.3) is 0 Å². The van der Waals surface area contributed by atoms with Crippen molar-refractivity contribution in [3.63, 3.8) is 0 Å². The van der Waals surface area contributed by atoms with Gasteiger partial charge in [0, 0.05) is 11.6 Å². The normalized spacial score (nSPS) is 15.3. The minimum atomic E-state index is -0.150. The molecule has 1 unspecified atom stereocenters. The van der Waals surface area contributed by atoms with Crippen molar-refractivity contribution in [2.24, 2.45) is 0 Å². The molecule has 0 aliphatic carbocycles. The Bertz CT molecular complexity index is 701. The molecule has 7 heteroatoms. The summed E-state index contributed by atoms with van der Waals surface area (Å²) in [6.45, 7) is 4.45. The van der Waals surface area contributed by atoms with Gasteiger partial charge in [0.05, 0.1) is 12.3 Å². The van der Waals surface area contributed by atoms with Crippen molar-refractivity contribution in [3.05, 3.63) is 52.9 Å². The van der Waals surface area contributed by atoms with Crippen molar-refractivity contribution in [2.45, 2.75) is 25.8 Å². The standard InChI is InChI=1S/C19H23ClN2O3.ClH/c1-14-11-15(6-7-16(14)20)25-13-19(23)21-12-17(18-5-4-10-24-18)22-8-2-3-9-22;/h4-7,10-11,17H,2-3,8-9,12-13H2,1H3,(H,21,23);1H. The summed E-state index contributed by atoms with van der Waals surface area (Å²) >= 11 is 5.99. The number of nitrogens with one attached hydrogen (secondary N) is 1. The summed E-state index contributed by atoms with van der Waals surface area (Å²) in [6.07, 6.45) is 4.04. The van der Waals surface area contributed by atoms with Crippen LogP contribution in [0.4, 0.5) is 0 Å². The predicted molar refractivity (Wildman–Crippen MR) is 104 cm³/mol. The van der Waals surface area contributed by atoms with Crippen molar-refractivity contribution in [2.75, 3.05) is 26.2 Å². The van der Waals surface area contributed by atoms with E-state index in [-0.39, 0.29) is 31.0 Å². The highest BCUT2D eigenvalue weighted by molar-refractivity contribution is 6.31. The topological polar surface area (TPSA) is 54.7 Å². The Labute approximate surface area is 165 Å². The maximum atomic E-state index is 12.1. The number of benzene rings is 1. The number of likely N-dealkylation sites (tertiary alicyclic amines) is 1. The van der Waals surface area contributed by atoms with E-state index >= 15 is 0 Å². The van der Waals surface area contributed by atoms with E-state index in [1.165, 1.54) is 12.8 Å². The van der Waals surface area contributed by atoms with E-state index in [1.807, 2.05) is 25.1 Å². The Hall–Kier alpha value is -1.69. The van der Waals surface area contributed by atoms with Crippen molar-refractivity contribution in [1.82, 2.24) is 10.2 Å². The Morgan fingerprint density at radius 1 is 1.35 bits per heavy atom. The number of ether oxygens (including phenoxy) is 1. The van der Waals surface area contributed by atoms with Gasteiger partial charge in [0.2, 0.25) is 0 Å². The number of furan rings is 1. The molecule has 3 rings (SSSR count). The number of hydrogen-bond donors (Lipinski definition) is 1. The van der Waals surface area contributed by atoms with E-state index in [2.05, 4.69) is 10.2 Å². The molecule has 1 fully saturated rings. The van der Waals surface area contributed by atoms with E-state index in [1.54, 1.807) is 18.4 Å². The second-order valence-electron chi connectivity index (χ2n) is 6.28. The van der Waals surface area contributed by atoms with Crippen LogP contribution in [0.1, 0.15) is 30.2 Å². The zero-order valence-corrected chi connectivity index (χ0v) is 16.3. The first-order valence-corrected chi connectivity index (χ1v) is 8.94. The van der Waals surface area contributed by atoms with Crippen molar-refractivity contribution in [1.29, 1.82) is 0 Å². The minimum absolute atomic E-state index is 0. The molecular formula is C19H24Cl2N2O3. The van der Waals surface area contributed by atoms with E-state index < -0.39 is 0 Å². The first-order valence-electron chi connectivity index (χ1n) is 8.56. The Morgan fingerprint density at radius 3 is 2.77 bits per heavy atom. The van der Waals surface area contributed by atoms with Crippen LogP contribution in [0.2, 0.25) is 5.02 Å². The molecule has 1 N–H and O–H groups in total. The van der Waals surface area contributed by atoms with Gasteiger partial charge in [-0.2, -0.15) is 0 Å². The molecule has 0 radical (unpaired) electrons. The fourth-order valence-electron chi connectivity index (χ4n) is 3.06. The molecule has 142 valence electrons. The predicted octanol–water partition coefficient (Wildman–Crippen LogP) is 4.00. The lowest BCUT2D eigenvalue weighted by molar-refractivity contribution is -0.123. The summed E-state index contributed by atoms with van der Waals surface area (Å²) in [4.78, 5) is 14.5. The van der Waals surface area contributed by atoms with Gasteiger partial charge in [-0.1, -0.05) is 11.6 Å². The molecule has 1 amide bonds. The van der Waals surface area contributed by atoms with Crippen LogP contribution in [0.15, 0.2) is 41.0 Å². The highest BCUT2D eigenvalue weighted by Crippen LogP contribution is 2.25. The summed E-state index contributed by atoms with van der Waals surface area (Å²) in [5.74, 6) is 1.37. The van der Waals surface area contributed by atoms with Gasteiger partial charge < -0.3 is 14.5 Å². The fourth-order valence-corrected chi connectivity index (χ4v) is 3.18. The molecule has 0 spiro atoms. The number of hydrogen-bond acceptors (Lipinski definition) is 4. The smallest absolute Gasteiger partial charge is 0.258 e. The number of carbonyl (C=O) groups excluding carboxylic acids is 1. The summed E-state index contributed by atoms with van der Waals surface area (Å²) in [5.41, 5.74) is 0.923. The molecule has 5 nitrogen and oxygen atoms in total. The zero-order chi connectivity index (χ0) is 17.6. The maximum absolute atomic E-state index is 12.1. The van der Waals surface area contributed by atoms with Crippen LogP contribution in [0.3, 0.4) is 0 Å². The number of halogens is 2. The van der Waals surface area contributed by atoms with Gasteiger partial charge in [0.25, 0.3) is 5.91 Å². The molecule has 0 bridgehead atoms. The molecule has 1 atom stereocenters. The van der Waals surface area contributed by atoms with Gasteiger partial charge in [0.1, 0.15) is 11.5 Å². The molecule has 1 aliphatic rings. The first-order chi connectivity index (χ1) is 12.1. The molecule has 1 aliphatic heterocycles. The van der Waals surface area contributed by atoms with Crippen molar-refractivity contribution >= 4 is 29.9 Å². The molecular weight excluding hydrogens is 375 g/mol. The minimum Gasteiger partial charge on any atom is -0.484 e. The van der Waals surface area contributed by atoms with E-state index in [9.17, 15) is 4.79 Å². The number of nitrogens with zero attached hydrogens (tertiary/aromatic N) is 1. The number of amides is 1. The third kappa shape index (κ3) is 5.40. The van der Waals surface area contributed by atoms with Crippen LogP contribution in [-0.2, 0) is 4.79 Å². The monoisotopic (exact) mass is 398 g/mol. The second kappa shape index (κ2) is 9.86. The maximum Gasteiger partial charge on any atom is 0.258 e. The Morgan fingerprint density at radius 2 is 2.12 bits per heavy atom. The van der Waals surface area contributed by atoms with Crippen molar-refractivity contribution in [3.8, 4) is 5.75 Å². The Balaban J connectivity index is 0.00000243. The summed E-state index contributed by atoms with van der Waals surface area (Å²) in [7, 11) is 0. The SMILES string of the molecule is Cc1cc(OCC(=O)NCC(c2ccco2)N2CCCC2)ccc1Cl.Cl. The van der Waals surface area contributed by atoms with E-state index in [0.717, 1.165) is 24.4 Å². The van der Waals surface area contributed by atoms with E-state index in [0.29, 0.717) is 17.3 Å². The van der Waals surface area contributed by atoms with Gasteiger partial charge in [-0.25, -0.2) is 0 Å². The van der Waals surface area contributed by atoms with Crippen LogP contribution in [-0.4, -0.2) is 37.0 Å². The summed E-state index contributed by atoms with van der Waals surface area (Å²) < 4.78 is 11.1. The van der Waals surface area contributed by atoms with Gasteiger partial charge in [-0.05, 0) is 68.8 Å². The highest BCUT2D eigenvalue weighted by Gasteiger charge is 2.25. The zero-order valence-electron chi connectivity index (χ0n) is 14.7. The average molecular weight is 399 g/mol. The molecule has 2 aromatic rings. The molecule has 1 aromatic heterocycles. The summed E-state index contributed by atoms with van der Waals surface area (Å²) in [6, 6.07) is 9.27. The third-order valence-corrected chi connectivity index (χ3v) is 4.87. The lowest BCUT2D eigenvalue weighted by Gasteiger charge is -2.26. The second-order valence-corrected chi connectivity index (χ2v) is 6.69. The van der Waals surface area contributed by atoms with Crippen LogP contribution in [0.5, 0.6) is 5.75 Å². The van der Waals surface area contributed by atoms with Crippen LogP contribution >= 0.6 is 24.0 Å². The van der Waals surface area contributed by atoms with Gasteiger partial charge >= 0.3 is 0 Å². The lowest BCUT2D eigenvalue weighted by Crippen LogP contribution is -2.38. The Kier molecular flexibility index (Phi) is 7.82. The highest BCUT2D eigenvalue weighted by atomic mass is 35.5. The molecule has 2 heterocycles. The summed E-state index contributed by atoms with van der Waals surface area (Å²) in [5, 5.41) is 3.64. The van der Waals surface area contributed by atoms with Gasteiger partial charge in [-0.3, -0.25) is 9.69 Å². The van der Waals surface area contributed by atoms with Gasteiger partial charge in [-0.15, -0.1) is 12.4 Å². The first kappa shape index (κ1) is 20.6. The fraction of sp³-hybridized carbons (Fsp3) is 0.421. The third-order valence-electron chi connectivity index (χ3n) is 4.44. The quantitative estimate of drug-likeness (QED) is 0.765. The lowest BCUT2D eigenvalue weighted by atomic mass is 10.2. The number of aryl methyl sites for hydroxylation is 1. The average Bonchev–Trinajstić information content (AvgIpc) is 3.30. The molecule has 1 aromatic carbocycles. The number of carbonyl (C=O) groups is 1.